The van der Waals surface area contributed by atoms with Gasteiger partial charge in [-0.2, -0.15) is 0 Å². The first-order valence-corrected chi connectivity index (χ1v) is 8.03. The molecule has 0 atom stereocenters. The Kier molecular flexibility index (Phi) is 5.14. The van der Waals surface area contributed by atoms with Crippen molar-refractivity contribution in [1.29, 1.82) is 0 Å². The minimum Gasteiger partial charge on any atom is -0.295 e. The Morgan fingerprint density at radius 1 is 1.50 bits per heavy atom. The molecule has 0 spiro atoms. The molecule has 2 rings (SSSR count). The summed E-state index contributed by atoms with van der Waals surface area (Å²) in [7, 11) is 0. The van der Waals surface area contributed by atoms with Crippen LogP contribution in [-0.4, -0.2) is 23.4 Å². The van der Waals surface area contributed by atoms with E-state index >= 15 is 0 Å². The third-order valence-corrected chi connectivity index (χ3v) is 5.10. The topological polar surface area (TPSA) is 3.24 Å². The molecule has 0 unspecified atom stereocenters. The van der Waals surface area contributed by atoms with E-state index in [2.05, 4.69) is 32.3 Å². The van der Waals surface area contributed by atoms with Crippen LogP contribution in [0.4, 0.5) is 0 Å². The van der Waals surface area contributed by atoms with Crippen LogP contribution in [-0.2, 0) is 6.54 Å². The van der Waals surface area contributed by atoms with E-state index in [9.17, 15) is 0 Å². The first-order valence-electron chi connectivity index (χ1n) is 5.82. The lowest BCUT2D eigenvalue weighted by molar-refractivity contribution is 0.121. The predicted octanol–water partition coefficient (Wildman–Crippen LogP) is 4.49. The monoisotopic (exact) mass is 321 g/mol. The molecule has 0 aromatic carbocycles. The average molecular weight is 323 g/mol. The molecule has 16 heavy (non-hydrogen) atoms. The third kappa shape index (κ3) is 3.46. The van der Waals surface area contributed by atoms with Crippen molar-refractivity contribution in [2.24, 2.45) is 0 Å². The molecule has 4 heteroatoms. The zero-order valence-corrected chi connectivity index (χ0v) is 12.5. The Morgan fingerprint density at radius 3 is 2.81 bits per heavy atom. The average Bonchev–Trinajstić information content (AvgIpc) is 2.58. The van der Waals surface area contributed by atoms with Crippen LogP contribution < -0.4 is 0 Å². The fraction of sp³-hybridized carbons (Fsp3) is 0.667. The largest absolute Gasteiger partial charge is 0.295 e. The van der Waals surface area contributed by atoms with Crippen LogP contribution in [0.25, 0.3) is 0 Å². The zero-order valence-electron chi connectivity index (χ0n) is 9.29. The van der Waals surface area contributed by atoms with E-state index in [4.69, 9.17) is 11.6 Å². The number of hydrogen-bond donors (Lipinski definition) is 0. The lowest BCUT2D eigenvalue weighted by atomic mass is 9.91. The molecule has 0 bridgehead atoms. The molecule has 0 radical (unpaired) electrons. The summed E-state index contributed by atoms with van der Waals surface area (Å²) >= 11 is 11.1. The Bertz CT molecular complexity index is 325. The first-order chi connectivity index (χ1) is 7.79. The Hall–Kier alpha value is 0.430. The van der Waals surface area contributed by atoms with Gasteiger partial charge in [-0.3, -0.25) is 4.90 Å². The summed E-state index contributed by atoms with van der Waals surface area (Å²) < 4.78 is 1.21. The van der Waals surface area contributed by atoms with Crippen molar-refractivity contribution in [1.82, 2.24) is 4.90 Å². The van der Waals surface area contributed by atoms with E-state index in [1.807, 2.05) is 11.3 Å². The normalized spacial score (nSPS) is 16.7. The maximum Gasteiger partial charge on any atom is 0.0331 e. The number of rotatable bonds is 6. The zero-order chi connectivity index (χ0) is 11.4. The van der Waals surface area contributed by atoms with E-state index in [-0.39, 0.29) is 0 Å². The molecule has 1 nitrogen and oxygen atoms in total. The van der Waals surface area contributed by atoms with Gasteiger partial charge in [-0.25, -0.2) is 0 Å². The van der Waals surface area contributed by atoms with Gasteiger partial charge >= 0.3 is 0 Å². The number of hydrogen-bond acceptors (Lipinski definition) is 2. The standard InChI is InChI=1S/C12H17BrClNS/c13-10-7-12(16-9-10)8-15(6-2-5-14)11-3-1-4-11/h7,9,11H,1-6,8H2. The summed E-state index contributed by atoms with van der Waals surface area (Å²) in [6, 6.07) is 3.04. The maximum absolute atomic E-state index is 5.79. The van der Waals surface area contributed by atoms with E-state index in [0.717, 1.165) is 31.4 Å². The van der Waals surface area contributed by atoms with Crippen molar-refractivity contribution in [2.75, 3.05) is 12.4 Å². The first kappa shape index (κ1) is 12.9. The van der Waals surface area contributed by atoms with Gasteiger partial charge in [0.25, 0.3) is 0 Å². The number of halogens is 2. The second kappa shape index (κ2) is 6.39. The molecule has 0 saturated heterocycles. The van der Waals surface area contributed by atoms with Crippen molar-refractivity contribution in [3.8, 4) is 0 Å². The highest BCUT2D eigenvalue weighted by Crippen LogP contribution is 2.28. The third-order valence-electron chi connectivity index (χ3n) is 3.15. The molecular formula is C12H17BrClNS. The molecule has 0 N–H and O–H groups in total. The van der Waals surface area contributed by atoms with Crippen LogP contribution in [0.15, 0.2) is 15.9 Å². The molecule has 1 aliphatic rings. The van der Waals surface area contributed by atoms with Gasteiger partial charge in [-0.15, -0.1) is 22.9 Å². The summed E-state index contributed by atoms with van der Waals surface area (Å²) in [4.78, 5) is 4.05. The van der Waals surface area contributed by atoms with Gasteiger partial charge in [-0.1, -0.05) is 6.42 Å². The number of alkyl halides is 1. The summed E-state index contributed by atoms with van der Waals surface area (Å²) in [6.07, 6.45) is 5.24. The lowest BCUT2D eigenvalue weighted by Gasteiger charge is -2.37. The van der Waals surface area contributed by atoms with Crippen LogP contribution in [0.3, 0.4) is 0 Å². The smallest absolute Gasteiger partial charge is 0.0331 e. The van der Waals surface area contributed by atoms with E-state index in [1.54, 1.807) is 0 Å². The molecule has 0 aliphatic heterocycles. The molecule has 0 amide bonds. The van der Waals surface area contributed by atoms with Crippen LogP contribution in [0, 0.1) is 0 Å². The summed E-state index contributed by atoms with van der Waals surface area (Å²) in [5, 5.41) is 2.16. The van der Waals surface area contributed by atoms with Gasteiger partial charge in [-0.05, 0) is 47.8 Å². The predicted molar refractivity (Wildman–Crippen MR) is 75.4 cm³/mol. The minimum atomic E-state index is 0.775. The highest BCUT2D eigenvalue weighted by molar-refractivity contribution is 9.10. The van der Waals surface area contributed by atoms with Crippen LogP contribution >= 0.6 is 38.9 Å². The van der Waals surface area contributed by atoms with Crippen LogP contribution in [0.5, 0.6) is 0 Å². The number of nitrogens with zero attached hydrogens (tertiary/aromatic N) is 1. The van der Waals surface area contributed by atoms with E-state index < -0.39 is 0 Å². The summed E-state index contributed by atoms with van der Waals surface area (Å²) in [5.74, 6) is 0.775. The van der Waals surface area contributed by atoms with Crippen molar-refractivity contribution in [3.05, 3.63) is 20.8 Å². The minimum absolute atomic E-state index is 0.775. The summed E-state index contributed by atoms with van der Waals surface area (Å²) in [5.41, 5.74) is 0. The molecule has 1 aliphatic carbocycles. The van der Waals surface area contributed by atoms with Crippen molar-refractivity contribution >= 4 is 38.9 Å². The molecule has 1 heterocycles. The Balaban J connectivity index is 1.90. The van der Waals surface area contributed by atoms with Gasteiger partial charge in [0.2, 0.25) is 0 Å². The lowest BCUT2D eigenvalue weighted by Crippen LogP contribution is -2.40. The van der Waals surface area contributed by atoms with Gasteiger partial charge in [0.05, 0.1) is 0 Å². The van der Waals surface area contributed by atoms with E-state index in [0.29, 0.717) is 0 Å². The molecule has 1 aromatic heterocycles. The fourth-order valence-electron chi connectivity index (χ4n) is 2.04. The van der Waals surface area contributed by atoms with Gasteiger partial charge in [0.1, 0.15) is 0 Å². The highest BCUT2D eigenvalue weighted by Gasteiger charge is 2.24. The van der Waals surface area contributed by atoms with Crippen LogP contribution in [0.2, 0.25) is 0 Å². The van der Waals surface area contributed by atoms with Gasteiger partial charge < -0.3 is 0 Å². The van der Waals surface area contributed by atoms with Crippen LogP contribution in [0.1, 0.15) is 30.6 Å². The molecule has 90 valence electrons. The second-order valence-electron chi connectivity index (χ2n) is 4.33. The second-order valence-corrected chi connectivity index (χ2v) is 6.62. The molecular weight excluding hydrogens is 306 g/mol. The summed E-state index contributed by atoms with van der Waals surface area (Å²) in [6.45, 7) is 2.24. The maximum atomic E-state index is 5.79. The number of thiophene rings is 1. The molecule has 1 fully saturated rings. The van der Waals surface area contributed by atoms with Gasteiger partial charge in [0, 0.05) is 33.2 Å². The molecule has 1 saturated carbocycles. The van der Waals surface area contributed by atoms with Crippen molar-refractivity contribution in [3.63, 3.8) is 0 Å². The molecule has 1 aromatic rings. The Morgan fingerprint density at radius 2 is 2.31 bits per heavy atom. The van der Waals surface area contributed by atoms with Crippen molar-refractivity contribution in [2.45, 2.75) is 38.3 Å². The van der Waals surface area contributed by atoms with Crippen molar-refractivity contribution < 1.29 is 0 Å². The quantitative estimate of drug-likeness (QED) is 0.697. The Labute approximate surface area is 115 Å². The van der Waals surface area contributed by atoms with E-state index in [1.165, 1.54) is 28.6 Å². The van der Waals surface area contributed by atoms with Gasteiger partial charge in [0.15, 0.2) is 0 Å². The fourth-order valence-corrected chi connectivity index (χ4v) is 3.64. The highest BCUT2D eigenvalue weighted by atomic mass is 79.9. The SMILES string of the molecule is ClCCCN(Cc1cc(Br)cs1)C1CCC1.